The molecule has 1 rings (SSSR count). The van der Waals surface area contributed by atoms with E-state index < -0.39 is 10.7 Å². The molecule has 0 unspecified atom stereocenters. The van der Waals surface area contributed by atoms with E-state index in [0.717, 1.165) is 6.07 Å². The number of hydrogen-bond donors (Lipinski definition) is 0. The molecule has 1 aromatic carbocycles. The molecular formula is C8H7FNO3. The molecule has 0 N–H and O–H groups in total. The standard InChI is InChI=1S/C8H7FNO3/c1-2-13-8-4-3-6(10(11)12)5-7(8)9/h3-5H,1-2H2. The third kappa shape index (κ3) is 2.14. The average molecular weight is 184 g/mol. The minimum atomic E-state index is -0.752. The number of hydrogen-bond acceptors (Lipinski definition) is 3. The number of nitrogens with zero attached hydrogens (tertiary/aromatic N) is 1. The lowest BCUT2D eigenvalue weighted by molar-refractivity contribution is -0.385. The van der Waals surface area contributed by atoms with Gasteiger partial charge in [0, 0.05) is 6.07 Å². The van der Waals surface area contributed by atoms with E-state index in [1.54, 1.807) is 0 Å². The fourth-order valence-corrected chi connectivity index (χ4v) is 0.830. The van der Waals surface area contributed by atoms with Gasteiger partial charge in [0.05, 0.1) is 17.6 Å². The lowest BCUT2D eigenvalue weighted by Gasteiger charge is -2.02. The van der Waals surface area contributed by atoms with Gasteiger partial charge in [-0.1, -0.05) is 0 Å². The van der Waals surface area contributed by atoms with Gasteiger partial charge in [-0.25, -0.2) is 4.39 Å². The summed E-state index contributed by atoms with van der Waals surface area (Å²) < 4.78 is 17.7. The van der Waals surface area contributed by atoms with Gasteiger partial charge in [0.25, 0.3) is 5.69 Å². The summed E-state index contributed by atoms with van der Waals surface area (Å²) in [6, 6.07) is 3.19. The van der Waals surface area contributed by atoms with Crippen LogP contribution in [0.2, 0.25) is 0 Å². The Morgan fingerprint density at radius 1 is 1.62 bits per heavy atom. The van der Waals surface area contributed by atoms with Crippen molar-refractivity contribution in [3.8, 4) is 5.75 Å². The lowest BCUT2D eigenvalue weighted by Crippen LogP contribution is -1.96. The molecule has 13 heavy (non-hydrogen) atoms. The summed E-state index contributed by atoms with van der Waals surface area (Å²) in [4.78, 5) is 9.54. The van der Waals surface area contributed by atoms with E-state index in [4.69, 9.17) is 4.74 Å². The number of non-ortho nitro benzene ring substituents is 1. The van der Waals surface area contributed by atoms with Gasteiger partial charge in [-0.05, 0) is 13.0 Å². The molecule has 0 spiro atoms. The highest BCUT2D eigenvalue weighted by atomic mass is 19.1. The number of halogens is 1. The van der Waals surface area contributed by atoms with Crippen LogP contribution in [0.15, 0.2) is 18.2 Å². The van der Waals surface area contributed by atoms with E-state index in [1.165, 1.54) is 12.1 Å². The van der Waals surface area contributed by atoms with Crippen molar-refractivity contribution in [2.24, 2.45) is 0 Å². The first-order valence-electron chi connectivity index (χ1n) is 3.51. The molecule has 0 amide bonds. The molecule has 0 aliphatic rings. The van der Waals surface area contributed by atoms with Crippen molar-refractivity contribution in [3.05, 3.63) is 41.1 Å². The molecule has 0 heterocycles. The first-order chi connectivity index (χ1) is 6.15. The Labute approximate surface area is 74.1 Å². The van der Waals surface area contributed by atoms with Gasteiger partial charge in [0.2, 0.25) is 0 Å². The number of nitro benzene ring substituents is 1. The average Bonchev–Trinajstić information content (AvgIpc) is 2.08. The van der Waals surface area contributed by atoms with Crippen LogP contribution in [0.25, 0.3) is 0 Å². The van der Waals surface area contributed by atoms with Crippen molar-refractivity contribution >= 4 is 5.69 Å². The molecule has 0 saturated carbocycles. The summed E-state index contributed by atoms with van der Waals surface area (Å²) in [5.41, 5.74) is -0.297. The number of rotatable bonds is 3. The molecule has 0 bridgehead atoms. The van der Waals surface area contributed by atoms with Crippen LogP contribution in [0.5, 0.6) is 5.75 Å². The van der Waals surface area contributed by atoms with Gasteiger partial charge in [-0.2, -0.15) is 0 Å². The maximum absolute atomic E-state index is 12.9. The Morgan fingerprint density at radius 2 is 2.31 bits per heavy atom. The molecule has 0 aliphatic carbocycles. The second-order valence-electron chi connectivity index (χ2n) is 2.22. The van der Waals surface area contributed by atoms with Crippen LogP contribution in [-0.4, -0.2) is 11.5 Å². The van der Waals surface area contributed by atoms with Gasteiger partial charge in [-0.3, -0.25) is 10.1 Å². The molecule has 0 saturated heterocycles. The summed E-state index contributed by atoms with van der Waals surface area (Å²) in [5.74, 6) is -0.779. The molecule has 0 aliphatic heterocycles. The van der Waals surface area contributed by atoms with Crippen molar-refractivity contribution in [1.82, 2.24) is 0 Å². The van der Waals surface area contributed by atoms with E-state index >= 15 is 0 Å². The third-order valence-electron chi connectivity index (χ3n) is 1.38. The summed E-state index contributed by atoms with van der Waals surface area (Å²) in [6.45, 7) is 3.43. The highest BCUT2D eigenvalue weighted by Gasteiger charge is 2.10. The Hall–Kier alpha value is -1.65. The molecule has 0 aromatic heterocycles. The summed E-state index contributed by atoms with van der Waals surface area (Å²) >= 11 is 0. The zero-order chi connectivity index (χ0) is 9.84. The van der Waals surface area contributed by atoms with Gasteiger partial charge in [-0.15, -0.1) is 0 Å². The van der Waals surface area contributed by atoms with Gasteiger partial charge < -0.3 is 4.74 Å². The van der Waals surface area contributed by atoms with Crippen LogP contribution in [0, 0.1) is 22.9 Å². The summed E-state index contributed by atoms with van der Waals surface area (Å²) in [6.07, 6.45) is 0. The van der Waals surface area contributed by atoms with Crippen molar-refractivity contribution in [2.45, 2.75) is 0 Å². The minimum absolute atomic E-state index is 0.0272. The van der Waals surface area contributed by atoms with Gasteiger partial charge >= 0.3 is 0 Å². The number of ether oxygens (including phenoxy) is 1. The topological polar surface area (TPSA) is 52.4 Å². The predicted octanol–water partition coefficient (Wildman–Crippen LogP) is 1.95. The lowest BCUT2D eigenvalue weighted by atomic mass is 10.3. The highest BCUT2D eigenvalue weighted by molar-refractivity contribution is 5.37. The quantitative estimate of drug-likeness (QED) is 0.532. The zero-order valence-corrected chi connectivity index (χ0v) is 6.70. The number of nitro groups is 1. The van der Waals surface area contributed by atoms with Gasteiger partial charge in [0.1, 0.15) is 0 Å². The maximum Gasteiger partial charge on any atom is 0.272 e. The molecule has 4 nitrogen and oxygen atoms in total. The highest BCUT2D eigenvalue weighted by Crippen LogP contribution is 2.22. The Balaban J connectivity index is 2.98. The van der Waals surface area contributed by atoms with Crippen LogP contribution < -0.4 is 4.74 Å². The smallest absolute Gasteiger partial charge is 0.272 e. The molecule has 1 aromatic rings. The zero-order valence-electron chi connectivity index (χ0n) is 6.70. The van der Waals surface area contributed by atoms with Crippen LogP contribution >= 0.6 is 0 Å². The largest absolute Gasteiger partial charge is 0.491 e. The third-order valence-corrected chi connectivity index (χ3v) is 1.38. The summed E-state index contributed by atoms with van der Waals surface area (Å²) in [5, 5.41) is 10.2. The van der Waals surface area contributed by atoms with Crippen molar-refractivity contribution in [1.29, 1.82) is 0 Å². The maximum atomic E-state index is 12.9. The Kier molecular flexibility index (Phi) is 2.79. The molecule has 0 atom stereocenters. The first kappa shape index (κ1) is 9.44. The summed E-state index contributed by atoms with van der Waals surface area (Å²) in [7, 11) is 0. The predicted molar refractivity (Wildman–Crippen MR) is 43.9 cm³/mol. The second kappa shape index (κ2) is 3.84. The van der Waals surface area contributed by atoms with Gasteiger partial charge in [0.15, 0.2) is 11.6 Å². The van der Waals surface area contributed by atoms with Crippen LogP contribution in [-0.2, 0) is 0 Å². The van der Waals surface area contributed by atoms with Crippen LogP contribution in [0.4, 0.5) is 10.1 Å². The van der Waals surface area contributed by atoms with E-state index in [1.807, 2.05) is 0 Å². The Morgan fingerprint density at radius 3 is 2.77 bits per heavy atom. The SMILES string of the molecule is [CH2]COc1ccc([N+](=O)[O-])cc1F. The fraction of sp³-hybridized carbons (Fsp3) is 0.125. The van der Waals surface area contributed by atoms with E-state index in [2.05, 4.69) is 6.92 Å². The van der Waals surface area contributed by atoms with E-state index in [0.29, 0.717) is 0 Å². The fourth-order valence-electron chi connectivity index (χ4n) is 0.830. The molecular weight excluding hydrogens is 177 g/mol. The van der Waals surface area contributed by atoms with Crippen molar-refractivity contribution in [3.63, 3.8) is 0 Å². The Bertz CT molecular complexity index is 327. The van der Waals surface area contributed by atoms with Crippen LogP contribution in [0.1, 0.15) is 0 Å². The number of benzene rings is 1. The normalized spacial score (nSPS) is 9.69. The second-order valence-corrected chi connectivity index (χ2v) is 2.22. The van der Waals surface area contributed by atoms with E-state index in [9.17, 15) is 14.5 Å². The first-order valence-corrected chi connectivity index (χ1v) is 3.51. The minimum Gasteiger partial charge on any atom is -0.491 e. The molecule has 5 heteroatoms. The van der Waals surface area contributed by atoms with Crippen molar-refractivity contribution < 1.29 is 14.1 Å². The molecule has 0 fully saturated rings. The van der Waals surface area contributed by atoms with Crippen molar-refractivity contribution in [2.75, 3.05) is 6.61 Å². The molecule has 1 radical (unpaired) electrons. The molecule has 69 valence electrons. The van der Waals surface area contributed by atoms with Crippen LogP contribution in [0.3, 0.4) is 0 Å². The monoisotopic (exact) mass is 184 g/mol. The van der Waals surface area contributed by atoms with E-state index in [-0.39, 0.29) is 18.0 Å².